The maximum atomic E-state index is 6.56. The summed E-state index contributed by atoms with van der Waals surface area (Å²) >= 11 is 0. The van der Waals surface area contributed by atoms with Crippen LogP contribution in [0.1, 0.15) is 84.6 Å². The van der Waals surface area contributed by atoms with Gasteiger partial charge in [-0.3, -0.25) is 0 Å². The molecule has 5 aromatic carbocycles. The zero-order valence-electron chi connectivity index (χ0n) is 31.4. The Bertz CT molecular complexity index is 2130. The van der Waals surface area contributed by atoms with Crippen LogP contribution in [0.4, 0.5) is 34.1 Å². The third kappa shape index (κ3) is 5.20. The lowest BCUT2D eigenvalue weighted by molar-refractivity contribution is 0.172. The number of nitrogens with zero attached hydrogens (tertiary/aromatic N) is 2. The number of aryl methyl sites for hydroxylation is 1. The predicted octanol–water partition coefficient (Wildman–Crippen LogP) is 9.74. The number of ether oxygens (including phenoxy) is 2. The summed E-state index contributed by atoms with van der Waals surface area (Å²) in [7, 11) is 0. The summed E-state index contributed by atoms with van der Waals surface area (Å²) in [5.74, 6) is 1.64. The van der Waals surface area contributed by atoms with Crippen molar-refractivity contribution in [2.75, 3.05) is 23.0 Å². The predicted molar refractivity (Wildman–Crippen MR) is 212 cm³/mol. The average molecular weight is 661 g/mol. The fraction of sp³-hybridized carbons (Fsp3) is 0.333. The molecule has 0 fully saturated rings. The first-order valence-electron chi connectivity index (χ1n) is 18.1. The van der Waals surface area contributed by atoms with Gasteiger partial charge in [0, 0.05) is 28.4 Å². The van der Waals surface area contributed by atoms with Crippen molar-refractivity contribution in [1.82, 2.24) is 0 Å². The van der Waals surface area contributed by atoms with Crippen molar-refractivity contribution < 1.29 is 9.47 Å². The number of rotatable bonds is 2. The SMILES string of the molecule is Cc1cc2c3c(c1)N(c1ccc(C(C)(C)C)cc1)c1c(ccc4c1OCCO4)B3c1cc(C(C)(C)C)ccc1N2c1ccc(C(C)(C)C)cc1. The number of hydrogen-bond acceptors (Lipinski definition) is 4. The van der Waals surface area contributed by atoms with Gasteiger partial charge < -0.3 is 19.3 Å². The largest absolute Gasteiger partial charge is 0.486 e. The van der Waals surface area contributed by atoms with Gasteiger partial charge in [0.25, 0.3) is 6.71 Å². The molecule has 5 aromatic rings. The normalized spacial score (nSPS) is 15.0. The van der Waals surface area contributed by atoms with Gasteiger partial charge in [-0.2, -0.15) is 0 Å². The number of hydrogen-bond donors (Lipinski definition) is 0. The average Bonchev–Trinajstić information content (AvgIpc) is 3.06. The molecular formula is C45H49BN2O2. The minimum atomic E-state index is -0.00423. The van der Waals surface area contributed by atoms with Crippen LogP contribution in [0.5, 0.6) is 11.5 Å². The Morgan fingerprint density at radius 3 is 1.62 bits per heavy atom. The molecule has 4 nitrogen and oxygen atoms in total. The van der Waals surface area contributed by atoms with Gasteiger partial charge in [0.1, 0.15) is 13.2 Å². The molecule has 50 heavy (non-hydrogen) atoms. The second-order valence-corrected chi connectivity index (χ2v) is 17.5. The lowest BCUT2D eigenvalue weighted by Crippen LogP contribution is -2.61. The van der Waals surface area contributed by atoms with E-state index in [1.807, 2.05) is 0 Å². The van der Waals surface area contributed by atoms with Crippen LogP contribution in [-0.4, -0.2) is 19.9 Å². The molecule has 0 aromatic heterocycles. The maximum Gasteiger partial charge on any atom is 0.252 e. The Kier molecular flexibility index (Phi) is 7.28. The van der Waals surface area contributed by atoms with Crippen LogP contribution in [0.25, 0.3) is 0 Å². The second kappa shape index (κ2) is 11.2. The Hall–Kier alpha value is -4.64. The van der Waals surface area contributed by atoms with Crippen LogP contribution in [0, 0.1) is 6.92 Å². The van der Waals surface area contributed by atoms with Gasteiger partial charge in [0.2, 0.25) is 0 Å². The van der Waals surface area contributed by atoms with Crippen molar-refractivity contribution >= 4 is 57.2 Å². The third-order valence-corrected chi connectivity index (χ3v) is 10.7. The van der Waals surface area contributed by atoms with E-state index >= 15 is 0 Å². The molecule has 0 unspecified atom stereocenters. The summed E-state index contributed by atoms with van der Waals surface area (Å²) in [6, 6.07) is 34.6. The van der Waals surface area contributed by atoms with Crippen LogP contribution >= 0.6 is 0 Å². The quantitative estimate of drug-likeness (QED) is 0.173. The minimum absolute atomic E-state index is 0.00423. The maximum absolute atomic E-state index is 6.56. The van der Waals surface area contributed by atoms with Crippen molar-refractivity contribution in [3.8, 4) is 11.5 Å². The third-order valence-electron chi connectivity index (χ3n) is 10.7. The zero-order valence-corrected chi connectivity index (χ0v) is 31.4. The molecule has 0 saturated carbocycles. The highest BCUT2D eigenvalue weighted by molar-refractivity contribution is 7.00. The lowest BCUT2D eigenvalue weighted by Gasteiger charge is -2.45. The van der Waals surface area contributed by atoms with E-state index in [-0.39, 0.29) is 23.0 Å². The van der Waals surface area contributed by atoms with Crippen LogP contribution in [0.15, 0.2) is 91.0 Å². The van der Waals surface area contributed by atoms with E-state index < -0.39 is 0 Å². The molecule has 0 spiro atoms. The van der Waals surface area contributed by atoms with Crippen molar-refractivity contribution in [2.24, 2.45) is 0 Å². The van der Waals surface area contributed by atoms with Crippen LogP contribution in [0.3, 0.4) is 0 Å². The minimum Gasteiger partial charge on any atom is -0.486 e. The molecule has 0 atom stereocenters. The smallest absolute Gasteiger partial charge is 0.252 e. The van der Waals surface area contributed by atoms with Crippen molar-refractivity contribution in [2.45, 2.75) is 85.5 Å². The number of benzene rings is 5. The first kappa shape index (κ1) is 32.6. The summed E-state index contributed by atoms with van der Waals surface area (Å²) < 4.78 is 12.8. The Morgan fingerprint density at radius 1 is 0.520 bits per heavy atom. The van der Waals surface area contributed by atoms with E-state index in [1.54, 1.807) is 0 Å². The molecule has 0 aliphatic carbocycles. The monoisotopic (exact) mass is 660 g/mol. The van der Waals surface area contributed by atoms with Crippen LogP contribution in [0.2, 0.25) is 0 Å². The van der Waals surface area contributed by atoms with Gasteiger partial charge in [0.15, 0.2) is 11.5 Å². The standard InChI is InChI=1S/C45H49BN2O2/c1-28-25-37-40-38(26-28)48(33-18-13-30(14-19-33)44(5,6)7)41-34(20-22-39-42(41)50-24-23-49-39)46(40)35-27-31(45(8,9)10)15-21-36(35)47(37)32-16-11-29(12-17-32)43(2,3)4/h11-22,25-27H,23-24H2,1-10H3. The summed E-state index contributed by atoms with van der Waals surface area (Å²) in [5.41, 5.74) is 16.2. The molecule has 0 bridgehead atoms. The molecule has 3 heterocycles. The molecule has 254 valence electrons. The Balaban J connectivity index is 1.45. The lowest BCUT2D eigenvalue weighted by atomic mass is 9.33. The Morgan fingerprint density at radius 2 is 1.04 bits per heavy atom. The van der Waals surface area contributed by atoms with Crippen molar-refractivity contribution in [3.05, 3.63) is 113 Å². The summed E-state index contributed by atoms with van der Waals surface area (Å²) in [5, 5.41) is 0. The summed E-state index contributed by atoms with van der Waals surface area (Å²) in [4.78, 5) is 4.94. The Labute approximate surface area is 299 Å². The number of anilines is 6. The van der Waals surface area contributed by atoms with E-state index in [4.69, 9.17) is 9.47 Å². The van der Waals surface area contributed by atoms with Gasteiger partial charge in [-0.05, 0) is 110 Å². The molecule has 0 N–H and O–H groups in total. The van der Waals surface area contributed by atoms with E-state index in [0.29, 0.717) is 13.2 Å². The second-order valence-electron chi connectivity index (χ2n) is 17.5. The fourth-order valence-corrected chi connectivity index (χ4v) is 7.96. The van der Waals surface area contributed by atoms with E-state index in [1.165, 1.54) is 61.4 Å². The molecule has 0 radical (unpaired) electrons. The number of fused-ring (bicyclic) bond motifs is 6. The topological polar surface area (TPSA) is 24.9 Å². The molecule has 0 saturated heterocycles. The summed E-state index contributed by atoms with van der Waals surface area (Å²) in [6.45, 7) is 23.9. The van der Waals surface area contributed by atoms with Gasteiger partial charge >= 0.3 is 0 Å². The first-order valence-corrected chi connectivity index (χ1v) is 18.1. The summed E-state index contributed by atoms with van der Waals surface area (Å²) in [6.07, 6.45) is 0. The fourth-order valence-electron chi connectivity index (χ4n) is 7.96. The highest BCUT2D eigenvalue weighted by Gasteiger charge is 2.45. The van der Waals surface area contributed by atoms with Crippen molar-refractivity contribution in [3.63, 3.8) is 0 Å². The van der Waals surface area contributed by atoms with Gasteiger partial charge in [0.05, 0.1) is 5.69 Å². The van der Waals surface area contributed by atoms with E-state index in [9.17, 15) is 0 Å². The molecule has 3 aliphatic rings. The molecule has 3 aliphatic heterocycles. The molecule has 5 heteroatoms. The van der Waals surface area contributed by atoms with E-state index in [2.05, 4.69) is 170 Å². The molecule has 0 amide bonds. The first-order chi connectivity index (χ1) is 23.6. The van der Waals surface area contributed by atoms with Gasteiger partial charge in [-0.15, -0.1) is 0 Å². The highest BCUT2D eigenvalue weighted by Crippen LogP contribution is 2.50. The van der Waals surface area contributed by atoms with Gasteiger partial charge in [-0.1, -0.05) is 105 Å². The van der Waals surface area contributed by atoms with Crippen molar-refractivity contribution in [1.29, 1.82) is 0 Å². The molecular weight excluding hydrogens is 611 g/mol. The van der Waals surface area contributed by atoms with Crippen LogP contribution < -0.4 is 35.7 Å². The van der Waals surface area contributed by atoms with E-state index in [0.717, 1.165) is 22.9 Å². The zero-order chi connectivity index (χ0) is 35.3. The van der Waals surface area contributed by atoms with Crippen LogP contribution in [-0.2, 0) is 16.2 Å². The van der Waals surface area contributed by atoms with Gasteiger partial charge in [-0.25, -0.2) is 0 Å². The highest BCUT2D eigenvalue weighted by atomic mass is 16.6. The molecule has 8 rings (SSSR count).